The number of methoxy groups -OCH3 is 1. The summed E-state index contributed by atoms with van der Waals surface area (Å²) >= 11 is 0. The number of carbonyl (C=O) groups is 1. The lowest BCUT2D eigenvalue weighted by atomic mass is 10.1. The highest BCUT2D eigenvalue weighted by Gasteiger charge is 2.28. The molecule has 1 amide bonds. The van der Waals surface area contributed by atoms with Crippen LogP contribution in [-0.2, 0) is 10.0 Å². The number of nitrogens with one attached hydrogen (secondary N) is 1. The monoisotopic (exact) mass is 517 g/mol. The molecular formula is C28H27N3O5S. The highest BCUT2D eigenvalue weighted by Crippen LogP contribution is 2.33. The number of ether oxygens (including phenoxy) is 1. The van der Waals surface area contributed by atoms with E-state index in [1.165, 1.54) is 44.6 Å². The van der Waals surface area contributed by atoms with Gasteiger partial charge in [-0.25, -0.2) is 13.9 Å². The van der Waals surface area contributed by atoms with Gasteiger partial charge in [0.15, 0.2) is 0 Å². The Kier molecular flexibility index (Phi) is 8.85. The summed E-state index contributed by atoms with van der Waals surface area (Å²) in [7, 11) is -1.27. The number of hydrogen-bond donors (Lipinski definition) is 2. The second kappa shape index (κ2) is 12.0. The smallest absolute Gasteiger partial charge is 0.278 e. The maximum atomic E-state index is 13.5. The summed E-state index contributed by atoms with van der Waals surface area (Å²) < 4.78 is 33.1. The molecule has 37 heavy (non-hydrogen) atoms. The molecule has 2 N–H and O–H groups in total. The zero-order valence-electron chi connectivity index (χ0n) is 20.9. The zero-order valence-corrected chi connectivity index (χ0v) is 21.7. The molecule has 0 saturated heterocycles. The van der Waals surface area contributed by atoms with Crippen LogP contribution in [0.4, 0.5) is 5.69 Å². The summed E-state index contributed by atoms with van der Waals surface area (Å²) in [6, 6.07) is 20.4. The Hall–Kier alpha value is -4.39. The molecule has 0 aliphatic carbocycles. The van der Waals surface area contributed by atoms with Crippen molar-refractivity contribution < 1.29 is 23.2 Å². The van der Waals surface area contributed by atoms with Crippen LogP contribution in [-0.4, -0.2) is 38.7 Å². The van der Waals surface area contributed by atoms with Crippen LogP contribution < -0.4 is 14.5 Å². The van der Waals surface area contributed by atoms with Gasteiger partial charge in [-0.2, -0.15) is 0 Å². The molecule has 8 nitrogen and oxygen atoms in total. The molecule has 4 rings (SSSR count). The summed E-state index contributed by atoms with van der Waals surface area (Å²) in [6.07, 6.45) is 1.22. The number of aromatic nitrogens is 1. The van der Waals surface area contributed by atoms with Crippen molar-refractivity contribution in [1.29, 1.82) is 0 Å². The average molecular weight is 518 g/mol. The average Bonchev–Trinajstić information content (AvgIpc) is 2.96. The number of carbonyl (C=O) groups excluding carboxylic acids is 1. The molecular weight excluding hydrogens is 490 g/mol. The maximum absolute atomic E-state index is 13.5. The molecule has 3 aromatic carbocycles. The van der Waals surface area contributed by atoms with E-state index in [9.17, 15) is 18.4 Å². The van der Waals surface area contributed by atoms with Gasteiger partial charge >= 0.3 is 0 Å². The number of hydroxylamine groups is 1. The van der Waals surface area contributed by atoms with Crippen LogP contribution in [0.5, 0.6) is 5.75 Å². The lowest BCUT2D eigenvalue weighted by Crippen LogP contribution is -2.30. The molecule has 190 valence electrons. The Balaban J connectivity index is 0.00000186. The van der Waals surface area contributed by atoms with E-state index >= 15 is 0 Å². The summed E-state index contributed by atoms with van der Waals surface area (Å²) in [5, 5.41) is 9.66. The van der Waals surface area contributed by atoms with Crippen molar-refractivity contribution in [2.45, 2.75) is 18.7 Å². The van der Waals surface area contributed by atoms with Crippen molar-refractivity contribution in [2.75, 3.05) is 18.5 Å². The number of rotatable bonds is 5. The van der Waals surface area contributed by atoms with Gasteiger partial charge in [0.25, 0.3) is 15.9 Å². The Morgan fingerprint density at radius 3 is 2.24 bits per heavy atom. The summed E-state index contributed by atoms with van der Waals surface area (Å²) in [4.78, 5) is 16.7. The standard InChI is InChI=1S/C26H21N3O5S.C2H6/c1-29(35(32,33)21-13-11-20(34-2)12-14-21)25-22-16-19(9-8-18-6-4-3-5-7-18)10-15-24(22)27-17-23(25)26(30)28-31;1-2/h3-7,10-17,31H,1-2H3,(H,28,30);1-2H3. The first kappa shape index (κ1) is 27.2. The van der Waals surface area contributed by atoms with Crippen LogP contribution in [0, 0.1) is 11.8 Å². The number of hydrogen-bond acceptors (Lipinski definition) is 6. The Morgan fingerprint density at radius 1 is 0.973 bits per heavy atom. The maximum Gasteiger partial charge on any atom is 0.278 e. The number of sulfonamides is 1. The fraction of sp³-hybridized carbons (Fsp3) is 0.143. The highest BCUT2D eigenvalue weighted by molar-refractivity contribution is 7.92. The molecule has 0 saturated carbocycles. The van der Waals surface area contributed by atoms with Crippen LogP contribution in [0.3, 0.4) is 0 Å². The van der Waals surface area contributed by atoms with Crippen LogP contribution in [0.2, 0.25) is 0 Å². The van der Waals surface area contributed by atoms with Crippen LogP contribution in [0.1, 0.15) is 35.3 Å². The summed E-state index contributed by atoms with van der Waals surface area (Å²) in [5.74, 6) is 5.72. The normalized spacial score (nSPS) is 10.4. The predicted molar refractivity (Wildman–Crippen MR) is 143 cm³/mol. The summed E-state index contributed by atoms with van der Waals surface area (Å²) in [6.45, 7) is 4.00. The van der Waals surface area contributed by atoms with Gasteiger partial charge in [0.05, 0.1) is 28.8 Å². The highest BCUT2D eigenvalue weighted by atomic mass is 32.2. The third-order valence-corrected chi connectivity index (χ3v) is 7.11. The quantitative estimate of drug-likeness (QED) is 0.227. The van der Waals surface area contributed by atoms with Gasteiger partial charge < -0.3 is 4.74 Å². The van der Waals surface area contributed by atoms with E-state index in [1.807, 2.05) is 44.2 Å². The topological polar surface area (TPSA) is 109 Å². The van der Waals surface area contributed by atoms with Gasteiger partial charge in [-0.15, -0.1) is 0 Å². The second-order valence-electron chi connectivity index (χ2n) is 7.46. The minimum Gasteiger partial charge on any atom is -0.497 e. The SMILES string of the molecule is CC.COc1ccc(S(=O)(=O)N(C)c2c(C(=O)NO)cnc3ccc(C#Cc4ccccc4)cc23)cc1. The van der Waals surface area contributed by atoms with Crippen LogP contribution >= 0.6 is 0 Å². The van der Waals surface area contributed by atoms with E-state index in [4.69, 9.17) is 4.74 Å². The number of benzene rings is 3. The van der Waals surface area contributed by atoms with Crippen molar-refractivity contribution in [3.8, 4) is 17.6 Å². The van der Waals surface area contributed by atoms with Crippen LogP contribution in [0.15, 0.2) is 83.9 Å². The fourth-order valence-electron chi connectivity index (χ4n) is 3.51. The van der Waals surface area contributed by atoms with Crippen molar-refractivity contribution >= 4 is 32.5 Å². The van der Waals surface area contributed by atoms with Gasteiger partial charge in [0, 0.05) is 29.8 Å². The molecule has 0 radical (unpaired) electrons. The molecule has 0 bridgehead atoms. The number of anilines is 1. The van der Waals surface area contributed by atoms with E-state index in [-0.39, 0.29) is 16.1 Å². The minimum absolute atomic E-state index is 0.00106. The van der Waals surface area contributed by atoms with Gasteiger partial charge in [-0.1, -0.05) is 43.9 Å². The Labute approximate surface area is 216 Å². The van der Waals surface area contributed by atoms with E-state index in [2.05, 4.69) is 16.8 Å². The first-order valence-electron chi connectivity index (χ1n) is 11.4. The third-order valence-electron chi connectivity index (χ3n) is 5.34. The first-order valence-corrected chi connectivity index (χ1v) is 12.9. The Bertz CT molecular complexity index is 1560. The van der Waals surface area contributed by atoms with E-state index in [1.54, 1.807) is 23.7 Å². The number of fused-ring (bicyclic) bond motifs is 1. The number of pyridine rings is 1. The molecule has 1 aromatic heterocycles. The summed E-state index contributed by atoms with van der Waals surface area (Å²) in [5.41, 5.74) is 3.37. The molecule has 0 fully saturated rings. The molecule has 0 atom stereocenters. The first-order chi connectivity index (χ1) is 17.8. The molecule has 0 aliphatic heterocycles. The minimum atomic E-state index is -4.09. The van der Waals surface area contributed by atoms with Crippen molar-refractivity contribution in [2.24, 2.45) is 0 Å². The Morgan fingerprint density at radius 2 is 1.62 bits per heavy atom. The van der Waals surface area contributed by atoms with Gasteiger partial charge in [-0.3, -0.25) is 19.3 Å². The molecule has 0 unspecified atom stereocenters. The zero-order chi connectivity index (χ0) is 27.0. The number of nitrogens with zero attached hydrogens (tertiary/aromatic N) is 2. The third kappa shape index (κ3) is 5.89. The fourth-order valence-corrected chi connectivity index (χ4v) is 4.75. The van der Waals surface area contributed by atoms with E-state index in [0.29, 0.717) is 22.2 Å². The van der Waals surface area contributed by atoms with E-state index < -0.39 is 15.9 Å². The van der Waals surface area contributed by atoms with Gasteiger partial charge in [0.2, 0.25) is 0 Å². The molecule has 9 heteroatoms. The lowest BCUT2D eigenvalue weighted by molar-refractivity contribution is 0.0707. The second-order valence-corrected chi connectivity index (χ2v) is 9.43. The molecule has 4 aromatic rings. The van der Waals surface area contributed by atoms with Gasteiger partial charge in [-0.05, 0) is 54.6 Å². The van der Waals surface area contributed by atoms with E-state index in [0.717, 1.165) is 9.87 Å². The van der Waals surface area contributed by atoms with Crippen LogP contribution in [0.25, 0.3) is 10.9 Å². The molecule has 0 spiro atoms. The number of amides is 1. The van der Waals surface area contributed by atoms with Crippen molar-refractivity contribution in [3.05, 3.63) is 95.7 Å². The van der Waals surface area contributed by atoms with Crippen molar-refractivity contribution in [1.82, 2.24) is 10.5 Å². The predicted octanol–water partition coefficient (Wildman–Crippen LogP) is 4.61. The molecule has 1 heterocycles. The van der Waals surface area contributed by atoms with Gasteiger partial charge in [0.1, 0.15) is 5.75 Å². The lowest BCUT2D eigenvalue weighted by Gasteiger charge is -2.23. The molecule has 0 aliphatic rings. The van der Waals surface area contributed by atoms with Crippen molar-refractivity contribution in [3.63, 3.8) is 0 Å². The largest absolute Gasteiger partial charge is 0.497 e.